The van der Waals surface area contributed by atoms with Crippen molar-refractivity contribution < 1.29 is 9.31 Å². The highest BCUT2D eigenvalue weighted by molar-refractivity contribution is 9.10. The molecule has 2 aromatic rings. The van der Waals surface area contributed by atoms with Gasteiger partial charge in [-0.25, -0.2) is 9.37 Å². The summed E-state index contributed by atoms with van der Waals surface area (Å²) in [5, 5.41) is 10.7. The third-order valence-electron chi connectivity index (χ3n) is 2.28. The molecule has 0 bridgehead atoms. The van der Waals surface area contributed by atoms with E-state index in [2.05, 4.69) is 20.9 Å². The van der Waals surface area contributed by atoms with Gasteiger partial charge in [0.1, 0.15) is 5.82 Å². The van der Waals surface area contributed by atoms with E-state index in [0.717, 1.165) is 0 Å². The molecule has 0 spiro atoms. The van der Waals surface area contributed by atoms with Crippen molar-refractivity contribution in [3.05, 3.63) is 50.7 Å². The molecule has 2 rings (SSSR count). The summed E-state index contributed by atoms with van der Waals surface area (Å²) in [5.41, 5.74) is 6.06. The predicted molar refractivity (Wildman–Crippen MR) is 68.4 cm³/mol. The van der Waals surface area contributed by atoms with Crippen LogP contribution in [0.4, 0.5) is 15.9 Å². The van der Waals surface area contributed by atoms with Gasteiger partial charge in [0, 0.05) is 11.6 Å². The van der Waals surface area contributed by atoms with Crippen molar-refractivity contribution in [2.75, 3.05) is 5.73 Å². The van der Waals surface area contributed by atoms with Gasteiger partial charge in [-0.2, -0.15) is 0 Å². The maximum Gasteiger partial charge on any atom is 0.312 e. The molecule has 1 aromatic carbocycles. The molecule has 1 aromatic heterocycles. The van der Waals surface area contributed by atoms with Crippen LogP contribution in [0.25, 0.3) is 11.3 Å². The first kappa shape index (κ1) is 12.4. The Morgan fingerprint density at radius 2 is 2.11 bits per heavy atom. The lowest BCUT2D eigenvalue weighted by Gasteiger charge is -2.05. The number of anilines is 1. The number of nitrogens with zero attached hydrogens (tertiary/aromatic N) is 2. The fraction of sp³-hybridized carbons (Fsp3) is 0. The average molecular weight is 312 g/mol. The largest absolute Gasteiger partial charge is 0.378 e. The molecule has 0 saturated heterocycles. The zero-order valence-electron chi connectivity index (χ0n) is 8.93. The van der Waals surface area contributed by atoms with Gasteiger partial charge in [0.15, 0.2) is 0 Å². The zero-order valence-corrected chi connectivity index (χ0v) is 10.5. The van der Waals surface area contributed by atoms with E-state index in [4.69, 9.17) is 5.73 Å². The molecule has 7 heteroatoms. The molecule has 0 amide bonds. The Kier molecular flexibility index (Phi) is 3.24. The van der Waals surface area contributed by atoms with Crippen molar-refractivity contribution in [1.29, 1.82) is 0 Å². The van der Waals surface area contributed by atoms with E-state index in [0.29, 0.717) is 15.7 Å². The van der Waals surface area contributed by atoms with Crippen LogP contribution >= 0.6 is 15.9 Å². The molecule has 0 aliphatic rings. The SMILES string of the molecule is Nc1nc(-c2cccc(F)c2)c(Br)cc1[N+](=O)[O-]. The minimum absolute atomic E-state index is 0.206. The van der Waals surface area contributed by atoms with Gasteiger partial charge in [-0.1, -0.05) is 12.1 Å². The minimum atomic E-state index is -0.623. The number of nitro groups is 1. The number of hydrogen-bond donors (Lipinski definition) is 1. The molecular weight excluding hydrogens is 305 g/mol. The summed E-state index contributed by atoms with van der Waals surface area (Å²) in [7, 11) is 0. The lowest BCUT2D eigenvalue weighted by molar-refractivity contribution is -0.384. The molecule has 0 aliphatic carbocycles. The van der Waals surface area contributed by atoms with E-state index in [1.807, 2.05) is 0 Å². The maximum absolute atomic E-state index is 13.1. The van der Waals surface area contributed by atoms with Crippen molar-refractivity contribution in [3.63, 3.8) is 0 Å². The van der Waals surface area contributed by atoms with Gasteiger partial charge < -0.3 is 5.73 Å². The van der Waals surface area contributed by atoms with Gasteiger partial charge in [-0.15, -0.1) is 0 Å². The first-order chi connectivity index (χ1) is 8.49. The van der Waals surface area contributed by atoms with Crippen LogP contribution in [-0.2, 0) is 0 Å². The Hall–Kier alpha value is -2.02. The van der Waals surface area contributed by atoms with Crippen molar-refractivity contribution in [2.24, 2.45) is 0 Å². The summed E-state index contributed by atoms with van der Waals surface area (Å²) in [4.78, 5) is 14.0. The Morgan fingerprint density at radius 3 is 2.72 bits per heavy atom. The van der Waals surface area contributed by atoms with Crippen LogP contribution in [0.15, 0.2) is 34.8 Å². The van der Waals surface area contributed by atoms with Crippen molar-refractivity contribution in [2.45, 2.75) is 0 Å². The molecule has 0 fully saturated rings. The van der Waals surface area contributed by atoms with Gasteiger partial charge in [-0.3, -0.25) is 10.1 Å². The molecule has 0 radical (unpaired) electrons. The number of halogens is 2. The van der Waals surface area contributed by atoms with E-state index in [-0.39, 0.29) is 11.5 Å². The topological polar surface area (TPSA) is 82.0 Å². The van der Waals surface area contributed by atoms with E-state index in [9.17, 15) is 14.5 Å². The minimum Gasteiger partial charge on any atom is -0.378 e. The van der Waals surface area contributed by atoms with E-state index < -0.39 is 10.7 Å². The molecule has 1 heterocycles. The number of benzene rings is 1. The second kappa shape index (κ2) is 4.69. The molecule has 0 aliphatic heterocycles. The number of nitrogens with two attached hydrogens (primary N) is 1. The van der Waals surface area contributed by atoms with Crippen LogP contribution < -0.4 is 5.73 Å². The first-order valence-electron chi connectivity index (χ1n) is 4.85. The highest BCUT2D eigenvalue weighted by atomic mass is 79.9. The van der Waals surface area contributed by atoms with Gasteiger partial charge in [0.25, 0.3) is 0 Å². The zero-order chi connectivity index (χ0) is 13.3. The molecule has 2 N–H and O–H groups in total. The number of hydrogen-bond acceptors (Lipinski definition) is 4. The second-order valence-corrected chi connectivity index (χ2v) is 4.34. The number of pyridine rings is 1. The first-order valence-corrected chi connectivity index (χ1v) is 5.64. The summed E-state index contributed by atoms with van der Waals surface area (Å²) in [5.74, 6) is -0.624. The molecule has 5 nitrogen and oxygen atoms in total. The maximum atomic E-state index is 13.1. The highest BCUT2D eigenvalue weighted by Gasteiger charge is 2.17. The lowest BCUT2D eigenvalue weighted by Crippen LogP contribution is -2.00. The third-order valence-corrected chi connectivity index (χ3v) is 2.88. The third kappa shape index (κ3) is 2.30. The fourth-order valence-electron chi connectivity index (χ4n) is 1.48. The van der Waals surface area contributed by atoms with Crippen LogP contribution in [0.1, 0.15) is 0 Å². The predicted octanol–water partition coefficient (Wildman–Crippen LogP) is 3.14. The summed E-state index contributed by atoms with van der Waals surface area (Å²) < 4.78 is 13.5. The van der Waals surface area contributed by atoms with E-state index >= 15 is 0 Å². The molecule has 0 atom stereocenters. The molecule has 92 valence electrons. The molecule has 0 saturated carbocycles. The Bertz CT molecular complexity index is 634. The normalized spacial score (nSPS) is 10.3. The second-order valence-electron chi connectivity index (χ2n) is 3.49. The van der Waals surface area contributed by atoms with Gasteiger partial charge >= 0.3 is 5.69 Å². The quantitative estimate of drug-likeness (QED) is 0.682. The van der Waals surface area contributed by atoms with Gasteiger partial charge in [-0.05, 0) is 28.1 Å². The summed E-state index contributed by atoms with van der Waals surface area (Å²) in [6.07, 6.45) is 0. The molecular formula is C11H7BrFN3O2. The van der Waals surface area contributed by atoms with E-state index in [1.54, 1.807) is 6.07 Å². The monoisotopic (exact) mass is 311 g/mol. The van der Waals surface area contributed by atoms with Gasteiger partial charge in [0.2, 0.25) is 5.82 Å². The number of nitrogen functional groups attached to an aromatic ring is 1. The van der Waals surface area contributed by atoms with Crippen molar-refractivity contribution in [3.8, 4) is 11.3 Å². The average Bonchev–Trinajstić information content (AvgIpc) is 2.31. The smallest absolute Gasteiger partial charge is 0.312 e. The van der Waals surface area contributed by atoms with Crippen molar-refractivity contribution in [1.82, 2.24) is 4.98 Å². The van der Waals surface area contributed by atoms with E-state index in [1.165, 1.54) is 24.3 Å². The highest BCUT2D eigenvalue weighted by Crippen LogP contribution is 2.32. The summed E-state index contributed by atoms with van der Waals surface area (Å²) in [6, 6.07) is 6.99. The van der Waals surface area contributed by atoms with Crippen LogP contribution in [0.3, 0.4) is 0 Å². The standard InChI is InChI=1S/C11H7BrFN3O2/c12-8-5-9(16(17)18)11(14)15-10(8)6-2-1-3-7(13)4-6/h1-5H,(H2,14,15). The van der Waals surface area contributed by atoms with Crippen LogP contribution in [0.2, 0.25) is 0 Å². The van der Waals surface area contributed by atoms with Crippen LogP contribution in [0.5, 0.6) is 0 Å². The Balaban J connectivity index is 2.60. The van der Waals surface area contributed by atoms with Crippen molar-refractivity contribution >= 4 is 27.4 Å². The lowest BCUT2D eigenvalue weighted by atomic mass is 10.1. The Morgan fingerprint density at radius 1 is 1.39 bits per heavy atom. The number of aromatic nitrogens is 1. The fourth-order valence-corrected chi connectivity index (χ4v) is 2.01. The summed E-state index contributed by atoms with van der Waals surface area (Å²) >= 11 is 3.17. The summed E-state index contributed by atoms with van der Waals surface area (Å²) in [6.45, 7) is 0. The van der Waals surface area contributed by atoms with Crippen LogP contribution in [0, 0.1) is 15.9 Å². The number of rotatable bonds is 2. The molecule has 0 unspecified atom stereocenters. The van der Waals surface area contributed by atoms with Crippen LogP contribution in [-0.4, -0.2) is 9.91 Å². The Labute approximate surface area is 110 Å². The van der Waals surface area contributed by atoms with Gasteiger partial charge in [0.05, 0.1) is 15.1 Å². The molecule has 18 heavy (non-hydrogen) atoms.